The number of halogens is 1. The number of urea groups is 1. The fourth-order valence-electron chi connectivity index (χ4n) is 3.05. The van der Waals surface area contributed by atoms with E-state index >= 15 is 0 Å². The van der Waals surface area contributed by atoms with Gasteiger partial charge in [0, 0.05) is 22.8 Å². The van der Waals surface area contributed by atoms with E-state index in [2.05, 4.69) is 10.6 Å². The van der Waals surface area contributed by atoms with Crippen molar-refractivity contribution in [1.29, 1.82) is 0 Å². The van der Waals surface area contributed by atoms with Gasteiger partial charge in [0.1, 0.15) is 0 Å². The molecule has 3 rings (SSSR count). The second-order valence-corrected chi connectivity index (χ2v) is 7.33. The van der Waals surface area contributed by atoms with Crippen LogP contribution in [0.4, 0.5) is 16.2 Å². The first kappa shape index (κ1) is 19.2. The molecule has 0 aliphatic carbocycles. The molecule has 0 fully saturated rings. The summed E-state index contributed by atoms with van der Waals surface area (Å²) in [5, 5.41) is 17.5. The van der Waals surface area contributed by atoms with Crippen LogP contribution in [0.15, 0.2) is 48.5 Å². The van der Waals surface area contributed by atoms with Crippen molar-refractivity contribution in [3.8, 4) is 0 Å². The lowest BCUT2D eigenvalue weighted by molar-refractivity contribution is -0.140. The van der Waals surface area contributed by atoms with Gasteiger partial charge in [0.05, 0.1) is 5.69 Å². The summed E-state index contributed by atoms with van der Waals surface area (Å²) in [5.74, 6) is -0.255. The van der Waals surface area contributed by atoms with E-state index in [-0.39, 0.29) is 0 Å². The molecule has 142 valence electrons. The van der Waals surface area contributed by atoms with E-state index in [9.17, 15) is 14.7 Å². The normalized spacial score (nSPS) is 18.9. The Morgan fingerprint density at radius 1 is 1.22 bits per heavy atom. The Labute approximate surface area is 163 Å². The topological polar surface area (TPSA) is 81.7 Å². The van der Waals surface area contributed by atoms with Gasteiger partial charge >= 0.3 is 6.03 Å². The van der Waals surface area contributed by atoms with E-state index in [0.717, 1.165) is 11.3 Å². The van der Waals surface area contributed by atoms with Crippen LogP contribution in [-0.4, -0.2) is 23.6 Å². The number of carbonyl (C=O) groups is 2. The first-order valence-electron chi connectivity index (χ1n) is 8.81. The molecule has 0 unspecified atom stereocenters. The van der Waals surface area contributed by atoms with E-state index < -0.39 is 17.7 Å². The molecule has 1 heterocycles. The largest absolute Gasteiger partial charge is 0.359 e. The third kappa shape index (κ3) is 3.63. The van der Waals surface area contributed by atoms with E-state index in [1.807, 2.05) is 13.8 Å². The van der Waals surface area contributed by atoms with Gasteiger partial charge in [-0.3, -0.25) is 9.69 Å². The summed E-state index contributed by atoms with van der Waals surface area (Å²) in [6.45, 7) is 4.49. The third-order valence-electron chi connectivity index (χ3n) is 4.48. The predicted octanol–water partition coefficient (Wildman–Crippen LogP) is 3.70. The van der Waals surface area contributed by atoms with Crippen LogP contribution < -0.4 is 15.5 Å². The number of para-hydroxylation sites is 1. The number of fused-ring (bicyclic) bond motifs is 1. The molecule has 2 aromatic carbocycles. The molecule has 1 atom stereocenters. The number of carbonyl (C=O) groups excluding carboxylic acids is 2. The average Bonchev–Trinajstić information content (AvgIpc) is 2.63. The highest BCUT2D eigenvalue weighted by Gasteiger charge is 2.51. The number of hydrogen-bond acceptors (Lipinski definition) is 3. The van der Waals surface area contributed by atoms with Crippen molar-refractivity contribution >= 4 is 34.9 Å². The molecular formula is C20H22ClN3O3. The maximum absolute atomic E-state index is 13.1. The highest BCUT2D eigenvalue weighted by Crippen LogP contribution is 2.39. The van der Waals surface area contributed by atoms with Gasteiger partial charge in [0.2, 0.25) is 0 Å². The number of hydrogen-bond donors (Lipinski definition) is 3. The van der Waals surface area contributed by atoms with E-state index in [4.69, 9.17) is 11.6 Å². The van der Waals surface area contributed by atoms with Crippen LogP contribution in [0.5, 0.6) is 0 Å². The highest BCUT2D eigenvalue weighted by molar-refractivity contribution is 6.30. The van der Waals surface area contributed by atoms with Gasteiger partial charge in [-0.1, -0.05) is 43.6 Å². The molecule has 1 aliphatic heterocycles. The zero-order valence-electron chi connectivity index (χ0n) is 15.2. The molecule has 0 saturated carbocycles. The van der Waals surface area contributed by atoms with Crippen molar-refractivity contribution in [2.45, 2.75) is 26.0 Å². The van der Waals surface area contributed by atoms with Crippen molar-refractivity contribution in [3.63, 3.8) is 0 Å². The van der Waals surface area contributed by atoms with Crippen LogP contribution in [0.3, 0.4) is 0 Å². The van der Waals surface area contributed by atoms with Gasteiger partial charge in [-0.2, -0.15) is 0 Å². The molecule has 0 aromatic heterocycles. The second-order valence-electron chi connectivity index (χ2n) is 6.90. The predicted molar refractivity (Wildman–Crippen MR) is 106 cm³/mol. The Kier molecular flexibility index (Phi) is 5.39. The lowest BCUT2D eigenvalue weighted by atomic mass is 9.94. The molecule has 2 aromatic rings. The Balaban J connectivity index is 2.06. The number of benzene rings is 2. The van der Waals surface area contributed by atoms with Crippen LogP contribution >= 0.6 is 11.6 Å². The molecule has 7 heteroatoms. The Hall–Kier alpha value is -2.57. The van der Waals surface area contributed by atoms with Gasteiger partial charge in [-0.05, 0) is 42.7 Å². The minimum Gasteiger partial charge on any atom is -0.359 e. The number of rotatable bonds is 5. The summed E-state index contributed by atoms with van der Waals surface area (Å²) in [4.78, 5) is 26.9. The van der Waals surface area contributed by atoms with Gasteiger partial charge in [0.15, 0.2) is 0 Å². The van der Waals surface area contributed by atoms with Crippen molar-refractivity contribution in [3.05, 3.63) is 59.1 Å². The van der Waals surface area contributed by atoms with Crippen LogP contribution in [0, 0.1) is 5.92 Å². The fourth-order valence-corrected chi connectivity index (χ4v) is 3.18. The highest BCUT2D eigenvalue weighted by atomic mass is 35.5. The van der Waals surface area contributed by atoms with Crippen molar-refractivity contribution in [2.75, 3.05) is 16.8 Å². The van der Waals surface area contributed by atoms with Crippen LogP contribution in [0.1, 0.15) is 25.8 Å². The van der Waals surface area contributed by atoms with E-state index in [0.29, 0.717) is 34.4 Å². The lowest BCUT2D eigenvalue weighted by Crippen LogP contribution is -2.62. The van der Waals surface area contributed by atoms with Crippen molar-refractivity contribution in [2.24, 2.45) is 5.92 Å². The number of aliphatic hydroxyl groups is 1. The Morgan fingerprint density at radius 2 is 1.89 bits per heavy atom. The minimum atomic E-state index is -2.18. The molecule has 0 spiro atoms. The summed E-state index contributed by atoms with van der Waals surface area (Å²) in [6, 6.07) is 12.5. The molecule has 0 radical (unpaired) electrons. The summed E-state index contributed by atoms with van der Waals surface area (Å²) in [6.07, 6.45) is 0.761. The van der Waals surface area contributed by atoms with Gasteiger partial charge in [0.25, 0.3) is 11.6 Å². The van der Waals surface area contributed by atoms with Crippen LogP contribution in [-0.2, 0) is 10.5 Å². The molecule has 3 amide bonds. The van der Waals surface area contributed by atoms with E-state index in [1.165, 1.54) is 0 Å². The molecule has 1 aliphatic rings. The SMILES string of the molecule is CC(C)CCNC(=O)[C@@]1(O)c2ccccc2NC(=O)N1c1ccc(Cl)cc1. The summed E-state index contributed by atoms with van der Waals surface area (Å²) in [5.41, 5.74) is -1.12. The van der Waals surface area contributed by atoms with Crippen LogP contribution in [0.2, 0.25) is 5.02 Å². The number of anilines is 2. The maximum atomic E-state index is 13.1. The monoisotopic (exact) mass is 387 g/mol. The third-order valence-corrected chi connectivity index (χ3v) is 4.73. The molecule has 6 nitrogen and oxygen atoms in total. The first-order valence-corrected chi connectivity index (χ1v) is 9.18. The minimum absolute atomic E-state index is 0.307. The van der Waals surface area contributed by atoms with Gasteiger partial charge in [-0.25, -0.2) is 4.79 Å². The lowest BCUT2D eigenvalue weighted by Gasteiger charge is -2.42. The second kappa shape index (κ2) is 7.58. The number of amides is 3. The standard InChI is InChI=1S/C20H22ClN3O3/c1-13(2)11-12-22-18(25)20(27)16-5-3-4-6-17(16)23-19(26)24(20)15-9-7-14(21)8-10-15/h3-10,13,27H,11-12H2,1-2H3,(H,22,25)(H,23,26)/t20-/m0/s1. The molecule has 27 heavy (non-hydrogen) atoms. The fraction of sp³-hybridized carbons (Fsp3) is 0.300. The maximum Gasteiger partial charge on any atom is 0.329 e. The molecule has 0 bridgehead atoms. The zero-order chi connectivity index (χ0) is 19.6. The number of nitrogens with one attached hydrogen (secondary N) is 2. The summed E-state index contributed by atoms with van der Waals surface area (Å²) >= 11 is 5.94. The summed E-state index contributed by atoms with van der Waals surface area (Å²) in [7, 11) is 0. The summed E-state index contributed by atoms with van der Waals surface area (Å²) < 4.78 is 0. The van der Waals surface area contributed by atoms with E-state index in [1.54, 1.807) is 48.5 Å². The smallest absolute Gasteiger partial charge is 0.329 e. The molecule has 0 saturated heterocycles. The zero-order valence-corrected chi connectivity index (χ0v) is 16.0. The average molecular weight is 388 g/mol. The van der Waals surface area contributed by atoms with Crippen molar-refractivity contribution in [1.82, 2.24) is 5.32 Å². The molecule has 3 N–H and O–H groups in total. The quantitative estimate of drug-likeness (QED) is 0.731. The Bertz CT molecular complexity index is 854. The Morgan fingerprint density at radius 3 is 2.56 bits per heavy atom. The van der Waals surface area contributed by atoms with Crippen molar-refractivity contribution < 1.29 is 14.7 Å². The van der Waals surface area contributed by atoms with Crippen LogP contribution in [0.25, 0.3) is 0 Å². The van der Waals surface area contributed by atoms with Gasteiger partial charge < -0.3 is 15.7 Å². The molecular weight excluding hydrogens is 366 g/mol. The number of nitrogens with zero attached hydrogens (tertiary/aromatic N) is 1. The first-order chi connectivity index (χ1) is 12.8. The van der Waals surface area contributed by atoms with Gasteiger partial charge in [-0.15, -0.1) is 0 Å².